The zero-order valence-corrected chi connectivity index (χ0v) is 37.6. The van der Waals surface area contributed by atoms with E-state index in [0.29, 0.717) is 41.4 Å². The summed E-state index contributed by atoms with van der Waals surface area (Å²) in [5, 5.41) is 27.1. The summed E-state index contributed by atoms with van der Waals surface area (Å²) in [7, 11) is 0. The minimum atomic E-state index is -1.49. The van der Waals surface area contributed by atoms with Gasteiger partial charge < -0.3 is 34.0 Å². The minimum absolute atomic E-state index is 0.00587. The van der Waals surface area contributed by atoms with Crippen LogP contribution in [0.4, 0.5) is 4.79 Å². The summed E-state index contributed by atoms with van der Waals surface area (Å²) in [4.78, 5) is 34.5. The van der Waals surface area contributed by atoms with Crippen molar-refractivity contribution in [2.75, 3.05) is 26.4 Å². The summed E-state index contributed by atoms with van der Waals surface area (Å²) in [5.74, 6) is -0.567. The van der Waals surface area contributed by atoms with Gasteiger partial charge in [0.25, 0.3) is 0 Å². The maximum Gasteiger partial charge on any atom is 0.410 e. The van der Waals surface area contributed by atoms with Crippen molar-refractivity contribution in [1.29, 1.82) is 0 Å². The van der Waals surface area contributed by atoms with Gasteiger partial charge in [0, 0.05) is 36.7 Å². The molecule has 2 N–H and O–H groups in total. The summed E-state index contributed by atoms with van der Waals surface area (Å²) in [6.45, 7) is 6.73. The summed E-state index contributed by atoms with van der Waals surface area (Å²) in [5.41, 5.74) is 4.91. The molecule has 6 unspecified atom stereocenters. The molecule has 1 aliphatic heterocycles. The molecule has 0 aromatic heterocycles. The fourth-order valence-electron chi connectivity index (χ4n) is 10.4. The first-order valence-corrected chi connectivity index (χ1v) is 23.3. The van der Waals surface area contributed by atoms with E-state index in [9.17, 15) is 19.8 Å². The molecule has 8 rings (SSSR count). The second-order valence-corrected chi connectivity index (χ2v) is 17.3. The van der Waals surface area contributed by atoms with Crippen molar-refractivity contribution >= 4 is 28.9 Å². The number of carbonyl (C=O) groups is 2. The third-order valence-electron chi connectivity index (χ3n) is 13.2. The highest BCUT2D eigenvalue weighted by Crippen LogP contribution is 2.62. The monoisotopic (exact) mass is 892 g/mol. The number of oxime groups is 1. The molecule has 1 amide bonds. The van der Waals surface area contributed by atoms with Gasteiger partial charge in [0.15, 0.2) is 0 Å². The van der Waals surface area contributed by atoms with Crippen LogP contribution in [0, 0.1) is 17.8 Å². The van der Waals surface area contributed by atoms with Crippen LogP contribution in [0.5, 0.6) is 17.2 Å². The number of carbonyl (C=O) groups excluding carboxylic acids is 2. The van der Waals surface area contributed by atoms with Crippen molar-refractivity contribution < 1.29 is 43.6 Å². The van der Waals surface area contributed by atoms with Gasteiger partial charge in [-0.05, 0) is 102 Å². The standard InChI is InChI=1S/C55H60N2O9/c1-3-30-63-55-51(57(54(61)62-4-2)35-42-22-15-21-40-19-8-9-24-45(40)42)34-49(56-64-37-38-16-6-5-7-17-38)47-32-41(20-10-12-28-58)46(25-11-13-29-59)52(53(47)55)48-33-44(26-27-50(48)66-55)65-43-23-14-18-39(31-43)36-60/h3,5-9,14-19,21-24,26-27,31-33,36,41,46,51-53,58-59H,1,4,10-13,20,25,28-30,34-35,37H2,2H3. The molecule has 11 nitrogen and oxygen atoms in total. The molecule has 11 heteroatoms. The number of ether oxygens (including phenoxy) is 4. The van der Waals surface area contributed by atoms with Crippen LogP contribution in [0.2, 0.25) is 0 Å². The smallest absolute Gasteiger partial charge is 0.410 e. The van der Waals surface area contributed by atoms with Gasteiger partial charge in [0.2, 0.25) is 5.79 Å². The topological polar surface area (TPSA) is 136 Å². The summed E-state index contributed by atoms with van der Waals surface area (Å²) in [6.07, 6.45) is 8.98. The zero-order chi connectivity index (χ0) is 45.9. The Morgan fingerprint density at radius 3 is 2.44 bits per heavy atom. The number of hydrogen-bond acceptors (Lipinski definition) is 10. The molecule has 1 heterocycles. The molecule has 0 bridgehead atoms. The van der Waals surface area contributed by atoms with Crippen molar-refractivity contribution in [3.8, 4) is 17.2 Å². The highest BCUT2D eigenvalue weighted by molar-refractivity contribution is 6.03. The first-order chi connectivity index (χ1) is 32.4. The third-order valence-corrected chi connectivity index (χ3v) is 13.2. The summed E-state index contributed by atoms with van der Waals surface area (Å²) >= 11 is 0. The van der Waals surface area contributed by atoms with Gasteiger partial charge in [-0.2, -0.15) is 0 Å². The molecule has 66 heavy (non-hydrogen) atoms. The number of aldehydes is 1. The average molecular weight is 893 g/mol. The highest BCUT2D eigenvalue weighted by Gasteiger charge is 2.65. The fraction of sp³-hybridized carbons (Fsp3) is 0.364. The van der Waals surface area contributed by atoms with Crippen LogP contribution in [-0.2, 0) is 27.5 Å². The number of aliphatic hydroxyl groups excluding tert-OH is 2. The molecular weight excluding hydrogens is 833 g/mol. The predicted molar refractivity (Wildman–Crippen MR) is 255 cm³/mol. The molecule has 5 aromatic rings. The number of amides is 1. The van der Waals surface area contributed by atoms with Crippen LogP contribution in [0.25, 0.3) is 10.8 Å². The van der Waals surface area contributed by atoms with Crippen molar-refractivity contribution in [3.63, 3.8) is 0 Å². The maximum absolute atomic E-state index is 14.8. The van der Waals surface area contributed by atoms with Gasteiger partial charge in [-0.1, -0.05) is 115 Å². The molecule has 6 atom stereocenters. The molecule has 0 spiro atoms. The van der Waals surface area contributed by atoms with Gasteiger partial charge in [-0.25, -0.2) is 4.79 Å². The predicted octanol–water partition coefficient (Wildman–Crippen LogP) is 10.9. The Balaban J connectivity index is 1.35. The number of aliphatic hydroxyl groups is 2. The Bertz CT molecular complexity index is 2520. The Hall–Kier alpha value is -6.27. The quantitative estimate of drug-likeness (QED) is 0.0319. The molecule has 0 radical (unpaired) electrons. The minimum Gasteiger partial charge on any atom is -0.459 e. The van der Waals surface area contributed by atoms with E-state index in [0.717, 1.165) is 65.0 Å². The van der Waals surface area contributed by atoms with Crippen molar-refractivity contribution in [3.05, 3.63) is 162 Å². The SMILES string of the molecule is C=CCOC12Oc3ccc(Oc4cccc(C=O)c4)cc3C3C(CCCCO)C(CCCCO)C=C(C(=NOCc4ccccc4)CC1N(Cc1cccc4ccccc14)C(=O)OCC)C32. The number of benzene rings is 5. The first kappa shape index (κ1) is 46.3. The molecule has 2 aliphatic carbocycles. The second kappa shape index (κ2) is 21.8. The second-order valence-electron chi connectivity index (χ2n) is 17.3. The number of nitrogens with zero attached hydrogens (tertiary/aromatic N) is 2. The van der Waals surface area contributed by atoms with E-state index in [-0.39, 0.29) is 63.8 Å². The van der Waals surface area contributed by atoms with Crippen molar-refractivity contribution in [1.82, 2.24) is 4.90 Å². The lowest BCUT2D eigenvalue weighted by molar-refractivity contribution is -0.256. The number of hydrogen-bond donors (Lipinski definition) is 2. The van der Waals surface area contributed by atoms with Gasteiger partial charge >= 0.3 is 6.09 Å². The van der Waals surface area contributed by atoms with Crippen molar-refractivity contribution in [2.24, 2.45) is 22.9 Å². The number of rotatable bonds is 21. The molecule has 3 aliphatic rings. The van der Waals surface area contributed by atoms with E-state index in [1.54, 1.807) is 36.1 Å². The molecule has 344 valence electrons. The zero-order valence-electron chi connectivity index (χ0n) is 37.6. The Kier molecular flexibility index (Phi) is 15.3. The Labute approximate surface area is 387 Å². The molecule has 1 fully saturated rings. The van der Waals surface area contributed by atoms with Crippen LogP contribution in [0.1, 0.15) is 84.8 Å². The van der Waals surface area contributed by atoms with E-state index >= 15 is 0 Å². The number of allylic oxidation sites excluding steroid dienone is 1. The largest absolute Gasteiger partial charge is 0.459 e. The average Bonchev–Trinajstić information content (AvgIpc) is 3.34. The van der Waals surface area contributed by atoms with Crippen LogP contribution in [0.15, 0.2) is 145 Å². The lowest BCUT2D eigenvalue weighted by Gasteiger charge is -2.59. The van der Waals surface area contributed by atoms with Gasteiger partial charge in [0.1, 0.15) is 36.2 Å². The normalized spacial score (nSPS) is 22.3. The highest BCUT2D eigenvalue weighted by atomic mass is 16.7. The first-order valence-electron chi connectivity index (χ1n) is 23.3. The van der Waals surface area contributed by atoms with E-state index in [1.165, 1.54) is 0 Å². The van der Waals surface area contributed by atoms with E-state index in [4.69, 9.17) is 28.9 Å². The van der Waals surface area contributed by atoms with Crippen LogP contribution < -0.4 is 9.47 Å². The molecule has 1 saturated carbocycles. The van der Waals surface area contributed by atoms with Gasteiger partial charge in [-0.3, -0.25) is 9.69 Å². The fourth-order valence-corrected chi connectivity index (χ4v) is 10.4. The van der Waals surface area contributed by atoms with Crippen LogP contribution >= 0.6 is 0 Å². The van der Waals surface area contributed by atoms with E-state index in [1.807, 2.05) is 78.9 Å². The maximum atomic E-state index is 14.8. The number of fused-ring (bicyclic) bond motifs is 3. The Morgan fingerprint density at radius 1 is 0.894 bits per heavy atom. The van der Waals surface area contributed by atoms with E-state index in [2.05, 4.69) is 30.9 Å². The molecule has 5 aromatic carbocycles. The molecular formula is C55H60N2O9. The van der Waals surface area contributed by atoms with Gasteiger partial charge in [0.05, 0.1) is 31.4 Å². The summed E-state index contributed by atoms with van der Waals surface area (Å²) in [6, 6.07) is 36.2. The van der Waals surface area contributed by atoms with Gasteiger partial charge in [-0.15, -0.1) is 6.58 Å². The van der Waals surface area contributed by atoms with Crippen LogP contribution in [0.3, 0.4) is 0 Å². The van der Waals surface area contributed by atoms with E-state index < -0.39 is 23.8 Å². The lowest BCUT2D eigenvalue weighted by Crippen LogP contribution is -2.70. The summed E-state index contributed by atoms with van der Waals surface area (Å²) < 4.78 is 27.1. The van der Waals surface area contributed by atoms with Crippen molar-refractivity contribution in [2.45, 2.75) is 82.8 Å². The number of unbranched alkanes of at least 4 members (excludes halogenated alkanes) is 2. The Morgan fingerprint density at radius 2 is 1.65 bits per heavy atom. The molecule has 0 saturated heterocycles. The lowest BCUT2D eigenvalue weighted by atomic mass is 9.55. The third kappa shape index (κ3) is 9.94. The van der Waals surface area contributed by atoms with Crippen LogP contribution in [-0.4, -0.2) is 71.5 Å².